The van der Waals surface area contributed by atoms with Gasteiger partial charge in [0, 0.05) is 49.9 Å². The van der Waals surface area contributed by atoms with E-state index in [1.807, 2.05) is 18.2 Å². The summed E-state index contributed by atoms with van der Waals surface area (Å²) in [6.07, 6.45) is -3.05. The van der Waals surface area contributed by atoms with E-state index < -0.39 is 11.7 Å². The molecule has 0 spiro atoms. The molecule has 12 rings (SSSR count). The van der Waals surface area contributed by atoms with E-state index in [1.165, 1.54) is 44.7 Å². The molecule has 1 aliphatic heterocycles. The molecule has 0 aliphatic carbocycles. The van der Waals surface area contributed by atoms with Gasteiger partial charge in [0.2, 0.25) is 0 Å². The fraction of sp³-hybridized carbons (Fsp3) is 0.0727. The molecular weight excluding hydrogens is 760 g/mol. The predicted molar refractivity (Wildman–Crippen MR) is 245 cm³/mol. The van der Waals surface area contributed by atoms with Crippen LogP contribution in [0.1, 0.15) is 41.0 Å². The molecule has 1 unspecified atom stereocenters. The van der Waals surface area contributed by atoms with Crippen molar-refractivity contribution in [1.29, 1.82) is 0 Å². The highest BCUT2D eigenvalue weighted by Crippen LogP contribution is 2.48. The van der Waals surface area contributed by atoms with Crippen LogP contribution in [0, 0.1) is 0 Å². The number of rotatable bonds is 4. The number of nitrogens with zero attached hydrogens (tertiary/aromatic N) is 3. The number of fused-ring (bicyclic) bond motifs is 12. The topological polar surface area (TPSA) is 22.2 Å². The monoisotopic (exact) mass is 795 g/mol. The highest BCUT2D eigenvalue weighted by Gasteiger charge is 2.32. The lowest BCUT2D eigenvalue weighted by Crippen LogP contribution is -2.07. The first-order valence-corrected chi connectivity index (χ1v) is 20.7. The smallest absolute Gasteiger partial charge is 0.309 e. The standard InChI is InChI=1S/C55H36F3N3/c56-55(57,58)36-25-21-34(22-26-36)39-30-31-48(59-54-46-17-4-2-12-41(46)40-11-1-3-16-45(40)53(39)54)35-23-27-37(28-24-35)60-51-20-10-7-15-44(51)47-33-38(29-32-52(47)60)61-49-18-8-5-13-42(49)43-14-6-9-19-50(43)61/h1-29,32-33,39H,30-31H2. The molecule has 292 valence electrons. The number of hydrogen-bond acceptors (Lipinski definition) is 1. The molecule has 3 nitrogen and oxygen atoms in total. The number of aromatic nitrogens is 2. The van der Waals surface area contributed by atoms with Gasteiger partial charge >= 0.3 is 6.18 Å². The second-order valence-corrected chi connectivity index (χ2v) is 16.1. The molecule has 0 saturated heterocycles. The summed E-state index contributed by atoms with van der Waals surface area (Å²) in [5.41, 5.74) is 10.9. The Labute approximate surface area is 349 Å². The molecule has 0 fully saturated rings. The maximum absolute atomic E-state index is 13.7. The van der Waals surface area contributed by atoms with E-state index in [2.05, 4.69) is 155 Å². The van der Waals surface area contributed by atoms with Crippen molar-refractivity contribution in [1.82, 2.24) is 9.13 Å². The number of aliphatic imine (C=N–C) groups is 1. The molecule has 0 N–H and O–H groups in total. The first kappa shape index (κ1) is 35.5. The summed E-state index contributed by atoms with van der Waals surface area (Å²) < 4.78 is 45.8. The van der Waals surface area contributed by atoms with E-state index in [1.54, 1.807) is 12.1 Å². The molecule has 61 heavy (non-hydrogen) atoms. The lowest BCUT2D eigenvalue weighted by atomic mass is 9.82. The molecule has 1 aliphatic rings. The van der Waals surface area contributed by atoms with Crippen molar-refractivity contribution in [2.24, 2.45) is 4.99 Å². The predicted octanol–water partition coefficient (Wildman–Crippen LogP) is 15.3. The van der Waals surface area contributed by atoms with Gasteiger partial charge in [0.05, 0.1) is 33.3 Å². The van der Waals surface area contributed by atoms with Gasteiger partial charge in [-0.2, -0.15) is 13.2 Å². The van der Waals surface area contributed by atoms with E-state index in [4.69, 9.17) is 4.99 Å². The minimum absolute atomic E-state index is 0.155. The van der Waals surface area contributed by atoms with E-state index in [0.29, 0.717) is 12.8 Å². The number of benzene rings is 9. The third kappa shape index (κ3) is 5.55. The van der Waals surface area contributed by atoms with Crippen LogP contribution in [0.3, 0.4) is 0 Å². The summed E-state index contributed by atoms with van der Waals surface area (Å²) in [7, 11) is 0. The van der Waals surface area contributed by atoms with Gasteiger partial charge < -0.3 is 9.13 Å². The molecule has 3 heterocycles. The minimum Gasteiger partial charge on any atom is -0.309 e. The van der Waals surface area contributed by atoms with Crippen molar-refractivity contribution in [3.8, 4) is 11.4 Å². The molecule has 9 aromatic carbocycles. The molecule has 0 amide bonds. The maximum Gasteiger partial charge on any atom is 0.416 e. The van der Waals surface area contributed by atoms with Crippen LogP contribution in [-0.4, -0.2) is 14.8 Å². The zero-order valence-corrected chi connectivity index (χ0v) is 32.9. The number of hydrogen-bond donors (Lipinski definition) is 0. The number of alkyl halides is 3. The van der Waals surface area contributed by atoms with E-state index >= 15 is 0 Å². The average molecular weight is 796 g/mol. The highest BCUT2D eigenvalue weighted by atomic mass is 19.4. The van der Waals surface area contributed by atoms with Crippen molar-refractivity contribution < 1.29 is 13.2 Å². The molecule has 0 saturated carbocycles. The highest BCUT2D eigenvalue weighted by molar-refractivity contribution is 6.17. The van der Waals surface area contributed by atoms with Gasteiger partial charge in [0.1, 0.15) is 0 Å². The molecule has 11 aromatic rings. The largest absolute Gasteiger partial charge is 0.416 e. The average Bonchev–Trinajstić information content (AvgIpc) is 3.73. The van der Waals surface area contributed by atoms with Crippen LogP contribution in [-0.2, 0) is 6.18 Å². The lowest BCUT2D eigenvalue weighted by molar-refractivity contribution is -0.137. The third-order valence-corrected chi connectivity index (χ3v) is 12.8. The Bertz CT molecular complexity index is 3520. The van der Waals surface area contributed by atoms with Gasteiger partial charge in [-0.05, 0) is 106 Å². The molecule has 1 atom stereocenters. The lowest BCUT2D eigenvalue weighted by Gasteiger charge is -2.22. The van der Waals surface area contributed by atoms with Crippen LogP contribution in [0.25, 0.3) is 76.5 Å². The zero-order valence-electron chi connectivity index (χ0n) is 32.9. The van der Waals surface area contributed by atoms with Crippen molar-refractivity contribution >= 4 is 76.6 Å². The summed E-state index contributed by atoms with van der Waals surface area (Å²) in [6.45, 7) is 0. The van der Waals surface area contributed by atoms with Crippen molar-refractivity contribution in [3.63, 3.8) is 0 Å². The van der Waals surface area contributed by atoms with Crippen molar-refractivity contribution in [2.45, 2.75) is 24.9 Å². The van der Waals surface area contributed by atoms with E-state index in [-0.39, 0.29) is 5.92 Å². The zero-order chi connectivity index (χ0) is 40.8. The normalized spacial score (nSPS) is 14.6. The SMILES string of the molecule is FC(F)(F)c1ccc(C2CCC(c3ccc(-n4c5ccccc5c5cc(-n6c7ccccc7c7ccccc76)ccc54)cc3)=Nc3c2c2ccccc2c2ccccc32)cc1. The van der Waals surface area contributed by atoms with E-state index in [0.717, 1.165) is 72.0 Å². The van der Waals surface area contributed by atoms with Gasteiger partial charge in [-0.15, -0.1) is 0 Å². The van der Waals surface area contributed by atoms with Gasteiger partial charge in [-0.1, -0.05) is 127 Å². The number of halogens is 3. The fourth-order valence-electron chi connectivity index (χ4n) is 10.1. The van der Waals surface area contributed by atoms with Crippen LogP contribution in [0.2, 0.25) is 0 Å². The van der Waals surface area contributed by atoms with Gasteiger partial charge in [-0.25, -0.2) is 0 Å². The van der Waals surface area contributed by atoms with E-state index in [9.17, 15) is 13.2 Å². The van der Waals surface area contributed by atoms with Crippen LogP contribution in [0.4, 0.5) is 18.9 Å². The second kappa shape index (κ2) is 13.5. The van der Waals surface area contributed by atoms with Gasteiger partial charge in [0.25, 0.3) is 0 Å². The van der Waals surface area contributed by atoms with Crippen LogP contribution < -0.4 is 0 Å². The summed E-state index contributed by atoms with van der Waals surface area (Å²) >= 11 is 0. The minimum atomic E-state index is -4.40. The first-order chi connectivity index (χ1) is 29.9. The van der Waals surface area contributed by atoms with Crippen molar-refractivity contribution in [2.75, 3.05) is 0 Å². The van der Waals surface area contributed by atoms with Crippen molar-refractivity contribution in [3.05, 3.63) is 210 Å². The fourth-order valence-corrected chi connectivity index (χ4v) is 10.1. The molecule has 0 radical (unpaired) electrons. The molecular formula is C55H36F3N3. The first-order valence-electron chi connectivity index (χ1n) is 20.7. The quantitative estimate of drug-likeness (QED) is 0.158. The second-order valence-electron chi connectivity index (χ2n) is 16.1. The Balaban J connectivity index is 0.983. The summed E-state index contributed by atoms with van der Waals surface area (Å²) in [4.78, 5) is 5.52. The van der Waals surface area contributed by atoms with Crippen LogP contribution in [0.5, 0.6) is 0 Å². The Kier molecular flexibility index (Phi) is 7.88. The summed E-state index contributed by atoms with van der Waals surface area (Å²) in [5, 5.41) is 9.17. The molecule has 2 aromatic heterocycles. The van der Waals surface area contributed by atoms with Crippen LogP contribution >= 0.6 is 0 Å². The summed E-state index contributed by atoms with van der Waals surface area (Å²) in [5.74, 6) is -0.155. The Hall–Kier alpha value is -7.44. The van der Waals surface area contributed by atoms with Gasteiger partial charge in [-0.3, -0.25) is 4.99 Å². The number of para-hydroxylation sites is 3. The molecule has 6 heteroatoms. The third-order valence-electron chi connectivity index (χ3n) is 12.8. The Morgan fingerprint density at radius 2 is 0.918 bits per heavy atom. The van der Waals surface area contributed by atoms with Gasteiger partial charge in [0.15, 0.2) is 0 Å². The van der Waals surface area contributed by atoms with Crippen LogP contribution in [0.15, 0.2) is 193 Å². The molecule has 0 bridgehead atoms. The maximum atomic E-state index is 13.7. The Morgan fingerprint density at radius 1 is 0.443 bits per heavy atom. The summed E-state index contributed by atoms with van der Waals surface area (Å²) in [6, 6.07) is 63.7. The Morgan fingerprint density at radius 3 is 1.52 bits per heavy atom.